The largest absolute Gasteiger partial charge is 0.453 e. The first kappa shape index (κ1) is 18.5. The third-order valence-corrected chi connectivity index (χ3v) is 5.90. The maximum atomic E-state index is 12.1. The molecule has 6 nitrogen and oxygen atoms in total. The Hall–Kier alpha value is -2.32. The van der Waals surface area contributed by atoms with Crippen molar-refractivity contribution < 1.29 is 19.1 Å². The molecule has 1 aromatic heterocycles. The topological polar surface area (TPSA) is 84.5 Å². The first-order valence-electron chi connectivity index (χ1n) is 8.09. The van der Waals surface area contributed by atoms with Crippen molar-refractivity contribution >= 4 is 46.6 Å². The summed E-state index contributed by atoms with van der Waals surface area (Å²) in [6.07, 6.45) is -1.00. The molecule has 0 saturated carbocycles. The highest BCUT2D eigenvalue weighted by Gasteiger charge is 2.30. The zero-order valence-electron chi connectivity index (χ0n) is 14.1. The van der Waals surface area contributed by atoms with Gasteiger partial charge in [0.2, 0.25) is 5.91 Å². The zero-order chi connectivity index (χ0) is 18.5. The minimum absolute atomic E-state index is 0.0899. The van der Waals surface area contributed by atoms with Crippen molar-refractivity contribution in [3.8, 4) is 0 Å². The predicted molar refractivity (Wildman–Crippen MR) is 101 cm³/mol. The number of amides is 2. The molecule has 2 aromatic rings. The highest BCUT2D eigenvalue weighted by molar-refractivity contribution is 8.01. The molecule has 1 aliphatic heterocycles. The Labute approximate surface area is 159 Å². The first-order chi connectivity index (χ1) is 12.5. The summed E-state index contributed by atoms with van der Waals surface area (Å²) in [6.45, 7) is 1.92. The summed E-state index contributed by atoms with van der Waals surface area (Å²) in [6, 6.07) is 11.2. The summed E-state index contributed by atoms with van der Waals surface area (Å²) in [5.74, 6) is -1.17. The molecule has 2 amide bonds. The normalized spacial score (nSPS) is 17.0. The van der Waals surface area contributed by atoms with E-state index in [1.807, 2.05) is 41.8 Å². The van der Waals surface area contributed by atoms with Gasteiger partial charge in [-0.15, -0.1) is 23.1 Å². The number of hydrogen-bond acceptors (Lipinski definition) is 6. The number of thioether (sulfide) groups is 1. The number of thiophene rings is 1. The smallest absolute Gasteiger partial charge is 0.308 e. The number of nitrogens with one attached hydrogen (secondary N) is 2. The van der Waals surface area contributed by atoms with Crippen molar-refractivity contribution in [3.63, 3.8) is 0 Å². The minimum Gasteiger partial charge on any atom is -0.453 e. The Balaban J connectivity index is 1.49. The van der Waals surface area contributed by atoms with E-state index in [0.717, 1.165) is 15.5 Å². The maximum absolute atomic E-state index is 12.1. The van der Waals surface area contributed by atoms with Gasteiger partial charge in [-0.3, -0.25) is 14.4 Å². The van der Waals surface area contributed by atoms with Crippen LogP contribution in [0.4, 0.5) is 5.69 Å². The van der Waals surface area contributed by atoms with Crippen LogP contribution in [0.3, 0.4) is 0 Å². The van der Waals surface area contributed by atoms with E-state index in [1.165, 1.54) is 30.0 Å². The molecule has 0 saturated heterocycles. The van der Waals surface area contributed by atoms with Crippen LogP contribution in [-0.4, -0.2) is 29.1 Å². The predicted octanol–water partition coefficient (Wildman–Crippen LogP) is 2.80. The molecule has 0 unspecified atom stereocenters. The number of carbonyl (C=O) groups is 3. The van der Waals surface area contributed by atoms with Crippen LogP contribution in [0.5, 0.6) is 0 Å². The fraction of sp³-hybridized carbons (Fsp3) is 0.278. The van der Waals surface area contributed by atoms with E-state index < -0.39 is 17.3 Å². The van der Waals surface area contributed by atoms with E-state index in [-0.39, 0.29) is 18.2 Å². The molecule has 0 fully saturated rings. The zero-order valence-corrected chi connectivity index (χ0v) is 15.7. The summed E-state index contributed by atoms with van der Waals surface area (Å²) in [5, 5.41) is 6.86. The van der Waals surface area contributed by atoms with Gasteiger partial charge in [0, 0.05) is 9.77 Å². The molecule has 1 aromatic carbocycles. The fourth-order valence-electron chi connectivity index (χ4n) is 2.41. The van der Waals surface area contributed by atoms with Gasteiger partial charge in [-0.2, -0.15) is 0 Å². The minimum atomic E-state index is -0.911. The summed E-state index contributed by atoms with van der Waals surface area (Å²) in [5.41, 5.74) is 0.744. The Morgan fingerprint density at radius 1 is 1.27 bits per heavy atom. The van der Waals surface area contributed by atoms with Gasteiger partial charge in [0.15, 0.2) is 6.10 Å². The summed E-state index contributed by atoms with van der Waals surface area (Å²) >= 11 is 2.86. The Bertz CT molecular complexity index is 807. The van der Waals surface area contributed by atoms with Gasteiger partial charge in [-0.25, -0.2) is 0 Å². The number of benzene rings is 1. The molecule has 1 aliphatic rings. The summed E-state index contributed by atoms with van der Waals surface area (Å²) < 4.78 is 5.18. The van der Waals surface area contributed by atoms with Gasteiger partial charge in [0.1, 0.15) is 0 Å². The molecule has 2 heterocycles. The van der Waals surface area contributed by atoms with Crippen LogP contribution in [-0.2, 0) is 25.7 Å². The number of anilines is 1. The van der Waals surface area contributed by atoms with Crippen LogP contribution in [0.1, 0.15) is 18.2 Å². The average molecular weight is 390 g/mol. The van der Waals surface area contributed by atoms with E-state index in [0.29, 0.717) is 6.54 Å². The number of hydrogen-bond donors (Lipinski definition) is 2. The van der Waals surface area contributed by atoms with E-state index >= 15 is 0 Å². The number of para-hydroxylation sites is 1. The molecule has 136 valence electrons. The van der Waals surface area contributed by atoms with Crippen LogP contribution < -0.4 is 10.6 Å². The number of rotatable bonds is 6. The Kier molecular flexibility index (Phi) is 5.95. The van der Waals surface area contributed by atoms with E-state index in [4.69, 9.17) is 4.74 Å². The Morgan fingerprint density at radius 2 is 2.08 bits per heavy atom. The second-order valence-electron chi connectivity index (χ2n) is 5.73. The third kappa shape index (κ3) is 4.64. The van der Waals surface area contributed by atoms with Gasteiger partial charge in [0.05, 0.1) is 23.9 Å². The molecular weight excluding hydrogens is 372 g/mol. The monoisotopic (exact) mass is 390 g/mol. The van der Waals surface area contributed by atoms with Crippen LogP contribution in [0.25, 0.3) is 0 Å². The van der Waals surface area contributed by atoms with Crippen LogP contribution in [0.15, 0.2) is 46.7 Å². The summed E-state index contributed by atoms with van der Waals surface area (Å²) in [4.78, 5) is 38.2. The second-order valence-corrected chi connectivity index (χ2v) is 8.00. The quantitative estimate of drug-likeness (QED) is 0.741. The van der Waals surface area contributed by atoms with E-state index in [2.05, 4.69) is 10.6 Å². The highest BCUT2D eigenvalue weighted by atomic mass is 32.2. The highest BCUT2D eigenvalue weighted by Crippen LogP contribution is 2.36. The van der Waals surface area contributed by atoms with Crippen molar-refractivity contribution in [2.75, 3.05) is 5.32 Å². The average Bonchev–Trinajstić information content (AvgIpc) is 3.13. The molecule has 2 atom stereocenters. The molecular formula is C18H18N2O4S2. The van der Waals surface area contributed by atoms with E-state index in [1.54, 1.807) is 0 Å². The number of esters is 1. The lowest BCUT2D eigenvalue weighted by Crippen LogP contribution is -2.37. The number of fused-ring (bicyclic) bond motifs is 1. The molecule has 0 aliphatic carbocycles. The Morgan fingerprint density at radius 3 is 2.85 bits per heavy atom. The lowest BCUT2D eigenvalue weighted by Gasteiger charge is -2.23. The second kappa shape index (κ2) is 8.37. The van der Waals surface area contributed by atoms with Gasteiger partial charge < -0.3 is 15.4 Å². The van der Waals surface area contributed by atoms with Crippen molar-refractivity contribution in [2.45, 2.75) is 36.1 Å². The maximum Gasteiger partial charge on any atom is 0.308 e. The fourth-order valence-corrected chi connectivity index (χ4v) is 4.15. The molecule has 0 spiro atoms. The standard InChI is InChI=1S/C18H18N2O4S2/c1-11(17(22)19-10-12-5-4-8-25-12)24-16(21)9-15-18(23)20-13-6-2-3-7-14(13)26-15/h2-8,11,15H,9-10H2,1H3,(H,19,22)(H,20,23)/t11-,15+/m0/s1. The van der Waals surface area contributed by atoms with Gasteiger partial charge in [-0.1, -0.05) is 18.2 Å². The molecule has 8 heteroatoms. The lowest BCUT2D eigenvalue weighted by molar-refractivity contribution is -0.155. The molecule has 26 heavy (non-hydrogen) atoms. The summed E-state index contributed by atoms with van der Waals surface area (Å²) in [7, 11) is 0. The van der Waals surface area contributed by atoms with Gasteiger partial charge >= 0.3 is 5.97 Å². The molecule has 3 rings (SSSR count). The van der Waals surface area contributed by atoms with E-state index in [9.17, 15) is 14.4 Å². The van der Waals surface area contributed by atoms with Crippen molar-refractivity contribution in [1.82, 2.24) is 5.32 Å². The van der Waals surface area contributed by atoms with Crippen molar-refractivity contribution in [2.24, 2.45) is 0 Å². The third-order valence-electron chi connectivity index (χ3n) is 3.75. The number of carbonyl (C=O) groups excluding carboxylic acids is 3. The first-order valence-corrected chi connectivity index (χ1v) is 9.85. The van der Waals surface area contributed by atoms with Crippen LogP contribution in [0.2, 0.25) is 0 Å². The number of ether oxygens (including phenoxy) is 1. The van der Waals surface area contributed by atoms with Gasteiger partial charge in [0.25, 0.3) is 5.91 Å². The van der Waals surface area contributed by atoms with Crippen molar-refractivity contribution in [1.29, 1.82) is 0 Å². The molecule has 0 bridgehead atoms. The molecule has 0 radical (unpaired) electrons. The SMILES string of the molecule is C[C@H](OC(=O)C[C@H]1Sc2ccccc2NC1=O)C(=O)NCc1cccs1. The van der Waals surface area contributed by atoms with Crippen LogP contribution in [0, 0.1) is 0 Å². The lowest BCUT2D eigenvalue weighted by atomic mass is 10.2. The van der Waals surface area contributed by atoms with Crippen LogP contribution >= 0.6 is 23.1 Å². The van der Waals surface area contributed by atoms with Crippen molar-refractivity contribution in [3.05, 3.63) is 46.7 Å². The molecule has 2 N–H and O–H groups in total. The van der Waals surface area contributed by atoms with Gasteiger partial charge in [-0.05, 0) is 30.5 Å².